The van der Waals surface area contributed by atoms with Crippen LogP contribution < -0.4 is 10.6 Å². The number of hydrogen-bond acceptors (Lipinski definition) is 3. The molecule has 0 saturated carbocycles. The van der Waals surface area contributed by atoms with Crippen molar-refractivity contribution in [2.24, 2.45) is 0 Å². The summed E-state index contributed by atoms with van der Waals surface area (Å²) in [4.78, 5) is 11.0. The molecule has 0 radical (unpaired) electrons. The number of carbonyl (C=O) groups is 1. The maximum Gasteiger partial charge on any atom is 0.413 e. The number of halogens is 1. The van der Waals surface area contributed by atoms with E-state index in [9.17, 15) is 4.79 Å². The largest absolute Gasteiger partial charge is 0.450 e. The van der Waals surface area contributed by atoms with Crippen molar-refractivity contribution in [3.8, 4) is 0 Å². The molecule has 1 rings (SSSR count). The number of amides is 1. The molecule has 17 heavy (non-hydrogen) atoms. The number of carbonyl (C=O) groups excluding carboxylic acids is 1. The van der Waals surface area contributed by atoms with Crippen molar-refractivity contribution in [2.45, 2.75) is 13.5 Å². The Morgan fingerprint density at radius 2 is 2.06 bits per heavy atom. The average Bonchev–Trinajstić information content (AvgIpc) is 2.28. The molecule has 1 aromatic carbocycles. The fourth-order valence-electron chi connectivity index (χ4n) is 1.09. The average molecular weight is 273 g/mol. The Balaban J connectivity index is 2.33. The van der Waals surface area contributed by atoms with Crippen LogP contribution in [0.2, 0.25) is 5.02 Å². The fourth-order valence-corrected chi connectivity index (χ4v) is 1.37. The molecule has 0 fully saturated rings. The molecular formula is C11H13ClN2O2S. The third kappa shape index (κ3) is 5.51. The van der Waals surface area contributed by atoms with Gasteiger partial charge in [0.15, 0.2) is 5.11 Å². The molecule has 1 aromatic rings. The summed E-state index contributed by atoms with van der Waals surface area (Å²) in [5, 5.41) is 6.20. The van der Waals surface area contributed by atoms with Gasteiger partial charge in [0, 0.05) is 11.6 Å². The SMILES string of the molecule is CCOC(=O)NC(=S)NCc1ccc(Cl)cc1. The minimum atomic E-state index is -0.555. The molecule has 1 amide bonds. The molecule has 92 valence electrons. The summed E-state index contributed by atoms with van der Waals surface area (Å²) < 4.78 is 4.69. The van der Waals surface area contributed by atoms with E-state index in [2.05, 4.69) is 15.4 Å². The molecule has 0 bridgehead atoms. The van der Waals surface area contributed by atoms with Gasteiger partial charge in [-0.2, -0.15) is 0 Å². The van der Waals surface area contributed by atoms with Gasteiger partial charge in [-0.05, 0) is 36.8 Å². The fraction of sp³-hybridized carbons (Fsp3) is 0.273. The van der Waals surface area contributed by atoms with Crippen molar-refractivity contribution in [3.63, 3.8) is 0 Å². The number of benzene rings is 1. The van der Waals surface area contributed by atoms with Crippen LogP contribution in [0.5, 0.6) is 0 Å². The first kappa shape index (κ1) is 13.7. The Bertz CT molecular complexity index is 395. The van der Waals surface area contributed by atoms with E-state index in [-0.39, 0.29) is 5.11 Å². The van der Waals surface area contributed by atoms with E-state index in [1.807, 2.05) is 12.1 Å². The highest BCUT2D eigenvalue weighted by Gasteiger charge is 2.03. The van der Waals surface area contributed by atoms with Gasteiger partial charge in [-0.15, -0.1) is 0 Å². The van der Waals surface area contributed by atoms with E-state index in [1.54, 1.807) is 19.1 Å². The third-order valence-electron chi connectivity index (χ3n) is 1.86. The Morgan fingerprint density at radius 3 is 2.65 bits per heavy atom. The molecule has 0 unspecified atom stereocenters. The monoisotopic (exact) mass is 272 g/mol. The minimum absolute atomic E-state index is 0.235. The van der Waals surface area contributed by atoms with Crippen LogP contribution in [0.15, 0.2) is 24.3 Å². The van der Waals surface area contributed by atoms with E-state index in [0.29, 0.717) is 18.2 Å². The number of thiocarbonyl (C=S) groups is 1. The van der Waals surface area contributed by atoms with Crippen molar-refractivity contribution in [1.82, 2.24) is 10.6 Å². The first-order valence-corrected chi connectivity index (χ1v) is 5.86. The molecular weight excluding hydrogens is 260 g/mol. The molecule has 0 spiro atoms. The Labute approximate surface area is 110 Å². The topological polar surface area (TPSA) is 50.4 Å². The van der Waals surface area contributed by atoms with Crippen LogP contribution in [0.3, 0.4) is 0 Å². The number of rotatable bonds is 3. The summed E-state index contributed by atoms with van der Waals surface area (Å²) >= 11 is 10.7. The number of nitrogens with one attached hydrogen (secondary N) is 2. The van der Waals surface area contributed by atoms with Crippen molar-refractivity contribution in [3.05, 3.63) is 34.9 Å². The van der Waals surface area contributed by atoms with Gasteiger partial charge in [0.1, 0.15) is 0 Å². The molecule has 0 aromatic heterocycles. The highest BCUT2D eigenvalue weighted by molar-refractivity contribution is 7.80. The van der Waals surface area contributed by atoms with Crippen molar-refractivity contribution >= 4 is 35.0 Å². The zero-order valence-electron chi connectivity index (χ0n) is 9.33. The zero-order chi connectivity index (χ0) is 12.7. The third-order valence-corrected chi connectivity index (χ3v) is 2.36. The Morgan fingerprint density at radius 1 is 1.41 bits per heavy atom. The van der Waals surface area contributed by atoms with Crippen LogP contribution >= 0.6 is 23.8 Å². The molecule has 0 saturated heterocycles. The zero-order valence-corrected chi connectivity index (χ0v) is 10.9. The number of hydrogen-bond donors (Lipinski definition) is 2. The lowest BCUT2D eigenvalue weighted by Crippen LogP contribution is -2.39. The summed E-state index contributed by atoms with van der Waals surface area (Å²) in [6.07, 6.45) is -0.555. The highest BCUT2D eigenvalue weighted by atomic mass is 35.5. The lowest BCUT2D eigenvalue weighted by molar-refractivity contribution is 0.157. The predicted molar refractivity (Wildman–Crippen MR) is 71.0 cm³/mol. The quantitative estimate of drug-likeness (QED) is 0.830. The van der Waals surface area contributed by atoms with Gasteiger partial charge in [-0.3, -0.25) is 5.32 Å². The van der Waals surface area contributed by atoms with Crippen LogP contribution in [0.25, 0.3) is 0 Å². The van der Waals surface area contributed by atoms with Gasteiger partial charge in [0.2, 0.25) is 0 Å². The van der Waals surface area contributed by atoms with Gasteiger partial charge >= 0.3 is 6.09 Å². The molecule has 2 N–H and O–H groups in total. The molecule has 0 aliphatic heterocycles. The highest BCUT2D eigenvalue weighted by Crippen LogP contribution is 2.08. The van der Waals surface area contributed by atoms with Gasteiger partial charge in [-0.25, -0.2) is 4.79 Å². The van der Waals surface area contributed by atoms with Crippen LogP contribution in [-0.2, 0) is 11.3 Å². The summed E-state index contributed by atoms with van der Waals surface area (Å²) in [7, 11) is 0. The van der Waals surface area contributed by atoms with E-state index >= 15 is 0 Å². The van der Waals surface area contributed by atoms with Crippen LogP contribution in [0.4, 0.5) is 4.79 Å². The Hall–Kier alpha value is -1.33. The second-order valence-electron chi connectivity index (χ2n) is 3.15. The van der Waals surface area contributed by atoms with Crippen LogP contribution in [0.1, 0.15) is 12.5 Å². The Kier molecular flexibility index (Phi) is 5.72. The standard InChI is InChI=1S/C11H13ClN2O2S/c1-2-16-11(15)14-10(17)13-7-8-3-5-9(12)6-4-8/h3-6H,2,7H2,1H3,(H2,13,14,15,17). The summed E-state index contributed by atoms with van der Waals surface area (Å²) in [6.45, 7) is 2.55. The lowest BCUT2D eigenvalue weighted by Gasteiger charge is -2.09. The normalized spacial score (nSPS) is 9.53. The second kappa shape index (κ2) is 7.09. The second-order valence-corrected chi connectivity index (χ2v) is 4.00. The summed E-state index contributed by atoms with van der Waals surface area (Å²) in [5.74, 6) is 0. The number of alkyl carbamates (subject to hydrolysis) is 1. The van der Waals surface area contributed by atoms with E-state index in [0.717, 1.165) is 5.56 Å². The smallest absolute Gasteiger partial charge is 0.413 e. The van der Waals surface area contributed by atoms with Crippen LogP contribution in [0, 0.1) is 0 Å². The predicted octanol–water partition coefficient (Wildman–Crippen LogP) is 2.46. The molecule has 0 aliphatic rings. The minimum Gasteiger partial charge on any atom is -0.450 e. The molecule has 0 aliphatic carbocycles. The van der Waals surface area contributed by atoms with E-state index < -0.39 is 6.09 Å². The first-order valence-electron chi connectivity index (χ1n) is 5.08. The van der Waals surface area contributed by atoms with E-state index in [4.69, 9.17) is 23.8 Å². The van der Waals surface area contributed by atoms with Crippen molar-refractivity contribution in [1.29, 1.82) is 0 Å². The van der Waals surface area contributed by atoms with Gasteiger partial charge in [-0.1, -0.05) is 23.7 Å². The first-order chi connectivity index (χ1) is 8.11. The summed E-state index contributed by atoms with van der Waals surface area (Å²) in [6, 6.07) is 7.34. The summed E-state index contributed by atoms with van der Waals surface area (Å²) in [5.41, 5.74) is 1.02. The molecule has 0 heterocycles. The van der Waals surface area contributed by atoms with Crippen molar-refractivity contribution < 1.29 is 9.53 Å². The number of ether oxygens (including phenoxy) is 1. The maximum absolute atomic E-state index is 11.0. The van der Waals surface area contributed by atoms with Gasteiger partial charge in [0.05, 0.1) is 6.61 Å². The van der Waals surface area contributed by atoms with Crippen LogP contribution in [-0.4, -0.2) is 17.8 Å². The molecule has 6 heteroatoms. The van der Waals surface area contributed by atoms with Crippen molar-refractivity contribution in [2.75, 3.05) is 6.61 Å². The van der Waals surface area contributed by atoms with E-state index in [1.165, 1.54) is 0 Å². The lowest BCUT2D eigenvalue weighted by atomic mass is 10.2. The maximum atomic E-state index is 11.0. The van der Waals surface area contributed by atoms with Gasteiger partial charge in [0.25, 0.3) is 0 Å². The molecule has 0 atom stereocenters. The van der Waals surface area contributed by atoms with Gasteiger partial charge < -0.3 is 10.1 Å². The molecule has 4 nitrogen and oxygen atoms in total.